The van der Waals surface area contributed by atoms with Crippen LogP contribution in [0.15, 0.2) is 22.7 Å². The van der Waals surface area contributed by atoms with E-state index < -0.39 is 15.7 Å². The minimum Gasteiger partial charge on any atom is -0.493 e. The summed E-state index contributed by atoms with van der Waals surface area (Å²) in [4.78, 5) is 8.96. The number of sulfone groups is 1. The Bertz CT molecular complexity index is 972. The lowest BCUT2D eigenvalue weighted by molar-refractivity contribution is 0.163. The molecule has 2 aromatic rings. The Morgan fingerprint density at radius 3 is 2.48 bits per heavy atom. The summed E-state index contributed by atoms with van der Waals surface area (Å²) in [5.41, 5.74) is 0.155. The zero-order chi connectivity index (χ0) is 22.6. The van der Waals surface area contributed by atoms with E-state index in [9.17, 15) is 12.8 Å². The molecule has 1 aliphatic heterocycles. The van der Waals surface area contributed by atoms with Crippen LogP contribution in [0.1, 0.15) is 44.5 Å². The van der Waals surface area contributed by atoms with E-state index >= 15 is 0 Å². The van der Waals surface area contributed by atoms with Gasteiger partial charge in [-0.2, -0.15) is 4.98 Å². The molecule has 1 aliphatic rings. The van der Waals surface area contributed by atoms with Crippen molar-refractivity contribution in [2.24, 2.45) is 0 Å². The Hall–Kier alpha value is -2.20. The van der Waals surface area contributed by atoms with Crippen molar-refractivity contribution < 1.29 is 22.1 Å². The minimum atomic E-state index is -3.28. The molecule has 0 N–H and O–H groups in total. The van der Waals surface area contributed by atoms with Crippen molar-refractivity contribution in [3.63, 3.8) is 0 Å². The molecule has 0 bridgehead atoms. The van der Waals surface area contributed by atoms with Gasteiger partial charge in [0.25, 0.3) is 0 Å². The first-order chi connectivity index (χ1) is 14.6. The minimum absolute atomic E-state index is 0.155. The molecule has 10 heteroatoms. The lowest BCUT2D eigenvalue weighted by Crippen LogP contribution is -2.50. The van der Waals surface area contributed by atoms with Crippen molar-refractivity contribution in [3.05, 3.63) is 35.4 Å². The number of anilines is 1. The Labute approximate surface area is 183 Å². The molecule has 172 valence electrons. The summed E-state index contributed by atoms with van der Waals surface area (Å²) < 4.78 is 47.9. The average molecular weight is 455 g/mol. The number of ether oxygens (including phenoxy) is 1. The number of rotatable bonds is 9. The normalized spacial score (nSPS) is 16.6. The number of aromatic nitrogens is 2. The molecular weight excluding hydrogens is 423 g/mol. The molecule has 1 aromatic heterocycles. The summed E-state index contributed by atoms with van der Waals surface area (Å²) in [7, 11) is -3.28. The second kappa shape index (κ2) is 9.95. The molecule has 0 radical (unpaired) electrons. The van der Waals surface area contributed by atoms with E-state index in [4.69, 9.17) is 9.26 Å². The van der Waals surface area contributed by atoms with Crippen molar-refractivity contribution >= 4 is 15.9 Å². The highest BCUT2D eigenvalue weighted by Gasteiger charge is 2.24. The van der Waals surface area contributed by atoms with E-state index in [-0.39, 0.29) is 17.2 Å². The second-order valence-corrected chi connectivity index (χ2v) is 10.6. The van der Waals surface area contributed by atoms with Crippen LogP contribution in [0.4, 0.5) is 10.4 Å². The maximum Gasteiger partial charge on any atom is 0.324 e. The predicted octanol–water partition coefficient (Wildman–Crippen LogP) is 2.86. The summed E-state index contributed by atoms with van der Waals surface area (Å²) in [5.74, 6) is 0.495. The van der Waals surface area contributed by atoms with Crippen molar-refractivity contribution in [1.82, 2.24) is 15.0 Å². The van der Waals surface area contributed by atoms with E-state index in [0.29, 0.717) is 24.4 Å². The van der Waals surface area contributed by atoms with Crippen LogP contribution in [0.2, 0.25) is 0 Å². The molecule has 1 aromatic carbocycles. The largest absolute Gasteiger partial charge is 0.493 e. The molecule has 0 spiro atoms. The monoisotopic (exact) mass is 454 g/mol. The van der Waals surface area contributed by atoms with Gasteiger partial charge in [0.2, 0.25) is 0 Å². The molecule has 3 rings (SSSR count). The maximum absolute atomic E-state index is 14.1. The Kier molecular flexibility index (Phi) is 7.53. The number of nitrogens with zero attached hydrogens (tertiary/aromatic N) is 4. The van der Waals surface area contributed by atoms with Crippen LogP contribution in [-0.2, 0) is 15.6 Å². The van der Waals surface area contributed by atoms with E-state index in [0.717, 1.165) is 44.7 Å². The summed E-state index contributed by atoms with van der Waals surface area (Å²) >= 11 is 0. The second-order valence-electron chi connectivity index (χ2n) is 8.42. The fourth-order valence-electron chi connectivity index (χ4n) is 3.49. The van der Waals surface area contributed by atoms with Gasteiger partial charge in [-0.1, -0.05) is 25.1 Å². The van der Waals surface area contributed by atoms with Crippen LogP contribution in [0.25, 0.3) is 0 Å². The van der Waals surface area contributed by atoms with Crippen molar-refractivity contribution in [2.75, 3.05) is 43.9 Å². The molecular formula is C21H31FN4O4S. The highest BCUT2D eigenvalue weighted by molar-refractivity contribution is 7.89. The third-order valence-corrected chi connectivity index (χ3v) is 6.24. The highest BCUT2D eigenvalue weighted by atomic mass is 32.2. The van der Waals surface area contributed by atoms with Crippen LogP contribution in [0.3, 0.4) is 0 Å². The van der Waals surface area contributed by atoms with Crippen molar-refractivity contribution in [1.29, 1.82) is 0 Å². The molecule has 1 saturated heterocycles. The van der Waals surface area contributed by atoms with E-state index in [1.165, 1.54) is 12.1 Å². The number of piperazine rings is 1. The number of benzene rings is 1. The van der Waals surface area contributed by atoms with Gasteiger partial charge in [-0.3, -0.25) is 4.90 Å². The zero-order valence-corrected chi connectivity index (χ0v) is 19.4. The smallest absolute Gasteiger partial charge is 0.324 e. The third-order valence-electron chi connectivity index (χ3n) is 5.40. The molecule has 0 aliphatic carbocycles. The first kappa shape index (κ1) is 23.5. The zero-order valence-electron chi connectivity index (χ0n) is 18.5. The molecule has 1 fully saturated rings. The fourth-order valence-corrected chi connectivity index (χ4v) is 4.29. The number of halogens is 1. The Morgan fingerprint density at radius 1 is 1.19 bits per heavy atom. The van der Waals surface area contributed by atoms with Gasteiger partial charge < -0.3 is 14.2 Å². The van der Waals surface area contributed by atoms with Crippen LogP contribution in [-0.4, -0.2) is 68.5 Å². The van der Waals surface area contributed by atoms with E-state index in [1.54, 1.807) is 6.07 Å². The molecule has 1 unspecified atom stereocenters. The number of hydrogen-bond acceptors (Lipinski definition) is 8. The van der Waals surface area contributed by atoms with Gasteiger partial charge in [-0.25, -0.2) is 12.8 Å². The Balaban J connectivity index is 1.43. The molecule has 31 heavy (non-hydrogen) atoms. The summed E-state index contributed by atoms with van der Waals surface area (Å²) in [6.45, 7) is 10.1. The lowest BCUT2D eigenvalue weighted by atomic mass is 10.2. The highest BCUT2D eigenvalue weighted by Crippen LogP contribution is 2.21. The van der Waals surface area contributed by atoms with Gasteiger partial charge >= 0.3 is 6.01 Å². The summed E-state index contributed by atoms with van der Waals surface area (Å²) in [5, 5.41) is 4.03. The van der Waals surface area contributed by atoms with Crippen molar-refractivity contribution in [3.8, 4) is 5.75 Å². The van der Waals surface area contributed by atoms with Crippen LogP contribution in [0.5, 0.6) is 5.75 Å². The van der Waals surface area contributed by atoms with Crippen LogP contribution < -0.4 is 9.64 Å². The lowest BCUT2D eigenvalue weighted by Gasteiger charge is -2.37. The van der Waals surface area contributed by atoms with E-state index in [2.05, 4.69) is 26.9 Å². The van der Waals surface area contributed by atoms with Gasteiger partial charge in [-0.15, -0.1) is 0 Å². The molecule has 0 amide bonds. The van der Waals surface area contributed by atoms with Crippen molar-refractivity contribution in [2.45, 2.75) is 44.9 Å². The average Bonchev–Trinajstić information content (AvgIpc) is 3.20. The standard InChI is InChI=1S/C21H31FN4O4S/c1-15(2)20-23-21(30-24-20)26-10-8-25(9-11-26)16(3)7-12-29-18-6-5-17(19(22)13-18)14-31(4,27)28/h5-6,13,15-16H,7-12,14H2,1-4H3. The molecule has 0 saturated carbocycles. The van der Waals surface area contributed by atoms with Crippen LogP contribution in [0, 0.1) is 5.82 Å². The van der Waals surface area contributed by atoms with Crippen LogP contribution >= 0.6 is 0 Å². The first-order valence-corrected chi connectivity index (χ1v) is 12.6. The van der Waals surface area contributed by atoms with Gasteiger partial charge in [-0.05, 0) is 19.4 Å². The first-order valence-electron chi connectivity index (χ1n) is 10.5. The number of hydrogen-bond donors (Lipinski definition) is 0. The molecule has 2 heterocycles. The molecule has 8 nitrogen and oxygen atoms in total. The topological polar surface area (TPSA) is 88.8 Å². The quantitative estimate of drug-likeness (QED) is 0.572. The summed E-state index contributed by atoms with van der Waals surface area (Å²) in [6.07, 6.45) is 1.88. The van der Waals surface area contributed by atoms with E-state index in [1.807, 2.05) is 13.8 Å². The predicted molar refractivity (Wildman–Crippen MR) is 117 cm³/mol. The maximum atomic E-state index is 14.1. The third kappa shape index (κ3) is 6.64. The fraction of sp³-hybridized carbons (Fsp3) is 0.619. The Morgan fingerprint density at radius 2 is 1.90 bits per heavy atom. The van der Waals surface area contributed by atoms with Gasteiger partial charge in [0, 0.05) is 56.0 Å². The van der Waals surface area contributed by atoms with Gasteiger partial charge in [0.1, 0.15) is 11.6 Å². The van der Waals surface area contributed by atoms with Gasteiger partial charge in [0.05, 0.1) is 12.4 Å². The van der Waals surface area contributed by atoms with Gasteiger partial charge in [0.15, 0.2) is 15.7 Å². The molecule has 1 atom stereocenters. The summed E-state index contributed by atoms with van der Waals surface area (Å²) in [6, 6.07) is 5.23. The SMILES string of the molecule is CC(C)c1noc(N2CCN(C(C)CCOc3ccc(CS(C)(=O)=O)c(F)c3)CC2)n1.